The highest BCUT2D eigenvalue weighted by Crippen LogP contribution is 2.19. The van der Waals surface area contributed by atoms with Gasteiger partial charge in [-0.3, -0.25) is 0 Å². The van der Waals surface area contributed by atoms with Gasteiger partial charge in [-0.1, -0.05) is 23.7 Å². The molecule has 0 aliphatic carbocycles. The lowest BCUT2D eigenvalue weighted by molar-refractivity contribution is 0.0478. The van der Waals surface area contributed by atoms with E-state index in [1.807, 2.05) is 12.1 Å². The number of rotatable bonds is 3. The molecule has 0 aliphatic heterocycles. The summed E-state index contributed by atoms with van der Waals surface area (Å²) in [6, 6.07) is 8.92. The molecular weight excluding hydrogens is 276 g/mol. The van der Waals surface area contributed by atoms with Crippen molar-refractivity contribution in [1.82, 2.24) is 0 Å². The van der Waals surface area contributed by atoms with Crippen molar-refractivity contribution < 1.29 is 9.53 Å². The third-order valence-corrected chi connectivity index (χ3v) is 3.62. The average Bonchev–Trinajstić information content (AvgIpc) is 2.73. The molecule has 0 atom stereocenters. The summed E-state index contributed by atoms with van der Waals surface area (Å²) in [6.45, 7) is 0.221. The molecule has 17 heavy (non-hydrogen) atoms. The van der Waals surface area contributed by atoms with E-state index in [0.717, 1.165) is 10.5 Å². The molecule has 1 aromatic heterocycles. The minimum absolute atomic E-state index is 0.221. The Bertz CT molecular complexity index is 537. The van der Waals surface area contributed by atoms with E-state index in [4.69, 9.17) is 16.3 Å². The quantitative estimate of drug-likeness (QED) is 0.680. The van der Waals surface area contributed by atoms with Gasteiger partial charge < -0.3 is 4.74 Å². The normalized spacial score (nSPS) is 10.2. The van der Waals surface area contributed by atoms with Gasteiger partial charge in [-0.05, 0) is 23.8 Å². The second-order valence-electron chi connectivity index (χ2n) is 3.38. The van der Waals surface area contributed by atoms with E-state index < -0.39 is 0 Å². The van der Waals surface area contributed by atoms with E-state index in [1.54, 1.807) is 23.6 Å². The fraction of sp³-hybridized carbons (Fsp3) is 0.0833. The molecule has 2 aromatic rings. The maximum absolute atomic E-state index is 11.6. The van der Waals surface area contributed by atoms with Gasteiger partial charge in [-0.15, -0.1) is 24.0 Å². The summed E-state index contributed by atoms with van der Waals surface area (Å²) in [5.74, 6) is -0.338. The van der Waals surface area contributed by atoms with Crippen molar-refractivity contribution in [3.8, 4) is 0 Å². The fourth-order valence-electron chi connectivity index (χ4n) is 1.28. The Hall–Kier alpha value is -0.970. The summed E-state index contributed by atoms with van der Waals surface area (Å²) in [6.07, 6.45) is 0. The minimum Gasteiger partial charge on any atom is -0.457 e. The number of carbonyl (C=O) groups excluding carboxylic acids is 1. The highest BCUT2D eigenvalue weighted by atomic mass is 35.5. The zero-order chi connectivity index (χ0) is 12.3. The van der Waals surface area contributed by atoms with E-state index in [-0.39, 0.29) is 12.6 Å². The van der Waals surface area contributed by atoms with Crippen LogP contribution in [0.15, 0.2) is 40.6 Å². The monoisotopic (exact) mass is 284 g/mol. The molecule has 0 N–H and O–H groups in total. The lowest BCUT2D eigenvalue weighted by atomic mass is 10.2. The maximum atomic E-state index is 11.6. The van der Waals surface area contributed by atoms with Crippen LogP contribution in [0.1, 0.15) is 15.2 Å². The Morgan fingerprint density at radius 3 is 2.88 bits per heavy atom. The summed E-state index contributed by atoms with van der Waals surface area (Å²) < 4.78 is 5.16. The van der Waals surface area contributed by atoms with Crippen LogP contribution in [-0.2, 0) is 11.3 Å². The first kappa shape index (κ1) is 12.5. The Kier molecular flexibility index (Phi) is 4.10. The van der Waals surface area contributed by atoms with Crippen LogP contribution in [0, 0.1) is 0 Å². The Morgan fingerprint density at radius 1 is 1.41 bits per heavy atom. The van der Waals surface area contributed by atoms with E-state index in [0.29, 0.717) is 9.90 Å². The van der Waals surface area contributed by atoms with Crippen LogP contribution in [-0.4, -0.2) is 5.97 Å². The molecule has 5 heteroatoms. The average molecular weight is 285 g/mol. The van der Waals surface area contributed by atoms with Crippen LogP contribution in [0.3, 0.4) is 0 Å². The number of ether oxygens (including phenoxy) is 1. The summed E-state index contributed by atoms with van der Waals surface area (Å²) >= 11 is 11.3. The van der Waals surface area contributed by atoms with Gasteiger partial charge in [0.25, 0.3) is 0 Å². The number of thiophene rings is 1. The highest BCUT2D eigenvalue weighted by molar-refractivity contribution is 7.80. The zero-order valence-electron chi connectivity index (χ0n) is 8.72. The first-order chi connectivity index (χ1) is 8.15. The molecule has 0 radical (unpaired) electrons. The topological polar surface area (TPSA) is 26.3 Å². The van der Waals surface area contributed by atoms with Gasteiger partial charge in [0, 0.05) is 15.3 Å². The molecule has 0 saturated heterocycles. The van der Waals surface area contributed by atoms with Crippen LogP contribution in [0.5, 0.6) is 0 Å². The third kappa shape index (κ3) is 3.49. The van der Waals surface area contributed by atoms with E-state index in [9.17, 15) is 4.79 Å². The highest BCUT2D eigenvalue weighted by Gasteiger charge is 2.09. The zero-order valence-corrected chi connectivity index (χ0v) is 11.2. The molecule has 0 unspecified atom stereocenters. The predicted molar refractivity (Wildman–Crippen MR) is 72.1 cm³/mol. The molecule has 88 valence electrons. The molecule has 2 rings (SSSR count). The molecule has 0 spiro atoms. The fourth-order valence-corrected chi connectivity index (χ4v) is 2.53. The van der Waals surface area contributed by atoms with Gasteiger partial charge in [0.1, 0.15) is 11.5 Å². The maximum Gasteiger partial charge on any atom is 0.348 e. The van der Waals surface area contributed by atoms with Crippen LogP contribution in [0.25, 0.3) is 0 Å². The Balaban J connectivity index is 1.97. The molecule has 0 fully saturated rings. The van der Waals surface area contributed by atoms with Gasteiger partial charge in [-0.25, -0.2) is 4.79 Å². The number of esters is 1. The van der Waals surface area contributed by atoms with Crippen molar-refractivity contribution in [1.29, 1.82) is 0 Å². The molecule has 0 amide bonds. The number of hydrogen-bond donors (Lipinski definition) is 1. The van der Waals surface area contributed by atoms with Crippen LogP contribution in [0.4, 0.5) is 0 Å². The van der Waals surface area contributed by atoms with Gasteiger partial charge in [-0.2, -0.15) is 0 Å². The lowest BCUT2D eigenvalue weighted by Gasteiger charge is -2.03. The Morgan fingerprint density at radius 2 is 2.24 bits per heavy atom. The number of halogens is 1. The van der Waals surface area contributed by atoms with Gasteiger partial charge >= 0.3 is 5.97 Å². The van der Waals surface area contributed by atoms with Crippen LogP contribution < -0.4 is 0 Å². The second-order valence-corrected chi connectivity index (χ2v) is 5.24. The summed E-state index contributed by atoms with van der Waals surface area (Å²) in [7, 11) is 0. The summed E-state index contributed by atoms with van der Waals surface area (Å²) in [4.78, 5) is 13.0. The molecular formula is C12H9ClO2S2. The third-order valence-electron chi connectivity index (χ3n) is 2.05. The first-order valence-corrected chi connectivity index (χ1v) is 6.55. The van der Waals surface area contributed by atoms with Gasteiger partial charge in [0.2, 0.25) is 0 Å². The molecule has 1 heterocycles. The smallest absolute Gasteiger partial charge is 0.348 e. The minimum atomic E-state index is -0.338. The van der Waals surface area contributed by atoms with Crippen LogP contribution in [0.2, 0.25) is 5.02 Å². The van der Waals surface area contributed by atoms with Crippen molar-refractivity contribution in [3.63, 3.8) is 0 Å². The van der Waals surface area contributed by atoms with Crippen molar-refractivity contribution in [2.45, 2.75) is 11.5 Å². The van der Waals surface area contributed by atoms with Gasteiger partial charge in [0.05, 0.1) is 0 Å². The standard InChI is InChI=1S/C12H9ClO2S2/c13-9-3-1-2-8(4-9)6-15-12(14)11-5-10(16)7-17-11/h1-5,7,16H,6H2. The van der Waals surface area contributed by atoms with Crippen LogP contribution >= 0.6 is 35.6 Å². The van der Waals surface area contributed by atoms with E-state index >= 15 is 0 Å². The first-order valence-electron chi connectivity index (χ1n) is 4.84. The molecule has 1 aromatic carbocycles. The lowest BCUT2D eigenvalue weighted by Crippen LogP contribution is -2.02. The van der Waals surface area contributed by atoms with Gasteiger partial charge in [0.15, 0.2) is 0 Å². The number of hydrogen-bond acceptors (Lipinski definition) is 4. The number of carbonyl (C=O) groups is 1. The SMILES string of the molecule is O=C(OCc1cccc(Cl)c1)c1cc(S)cs1. The summed E-state index contributed by atoms with van der Waals surface area (Å²) in [5, 5.41) is 2.42. The molecule has 0 aliphatic rings. The number of benzene rings is 1. The van der Waals surface area contributed by atoms with E-state index in [2.05, 4.69) is 12.6 Å². The van der Waals surface area contributed by atoms with Crippen molar-refractivity contribution in [2.24, 2.45) is 0 Å². The second kappa shape index (κ2) is 5.58. The van der Waals surface area contributed by atoms with Crippen molar-refractivity contribution >= 4 is 41.5 Å². The molecule has 0 bridgehead atoms. The largest absolute Gasteiger partial charge is 0.457 e. The Labute approximate surface area is 114 Å². The molecule has 0 saturated carbocycles. The predicted octanol–water partition coefficient (Wildman–Crippen LogP) is 4.05. The van der Waals surface area contributed by atoms with E-state index in [1.165, 1.54) is 11.3 Å². The number of thiol groups is 1. The molecule has 2 nitrogen and oxygen atoms in total. The van der Waals surface area contributed by atoms with Crippen molar-refractivity contribution in [3.05, 3.63) is 51.2 Å². The summed E-state index contributed by atoms with van der Waals surface area (Å²) in [5.41, 5.74) is 0.869. The van der Waals surface area contributed by atoms with Crippen molar-refractivity contribution in [2.75, 3.05) is 0 Å².